The Morgan fingerprint density at radius 1 is 1.15 bits per heavy atom. The van der Waals surface area contributed by atoms with Gasteiger partial charge in [0.15, 0.2) is 0 Å². The smallest absolute Gasteiger partial charge is 0.336 e. The van der Waals surface area contributed by atoms with E-state index in [0.717, 1.165) is 27.8 Å². The summed E-state index contributed by atoms with van der Waals surface area (Å²) in [5, 5.41) is 7.05. The standard InChI is InChI=1S/C20H19ClN2O3/c1-11-4-6-15-13(8-18(24)26-19(15)12(11)2)10-23-14-5-7-16(17(21)9-14)20(25)22-3/h4-9,23H,10H2,1-3H3,(H,22,25). The lowest BCUT2D eigenvalue weighted by Gasteiger charge is -2.12. The lowest BCUT2D eigenvalue weighted by Crippen LogP contribution is -2.18. The summed E-state index contributed by atoms with van der Waals surface area (Å²) in [6, 6.07) is 10.6. The Morgan fingerprint density at radius 3 is 2.62 bits per heavy atom. The van der Waals surface area contributed by atoms with Gasteiger partial charge in [-0.25, -0.2) is 4.79 Å². The zero-order valence-electron chi connectivity index (χ0n) is 14.8. The molecule has 1 amide bonds. The minimum absolute atomic E-state index is 0.237. The summed E-state index contributed by atoms with van der Waals surface area (Å²) < 4.78 is 5.39. The molecule has 5 nitrogen and oxygen atoms in total. The highest BCUT2D eigenvalue weighted by Gasteiger charge is 2.11. The molecule has 3 rings (SSSR count). The van der Waals surface area contributed by atoms with E-state index in [2.05, 4.69) is 10.6 Å². The van der Waals surface area contributed by atoms with Gasteiger partial charge < -0.3 is 15.1 Å². The van der Waals surface area contributed by atoms with Crippen LogP contribution in [0.15, 0.2) is 45.6 Å². The number of rotatable bonds is 4. The first-order valence-corrected chi connectivity index (χ1v) is 8.57. The molecule has 0 aliphatic carbocycles. The van der Waals surface area contributed by atoms with Crippen molar-refractivity contribution in [2.24, 2.45) is 0 Å². The summed E-state index contributed by atoms with van der Waals surface area (Å²) in [5.74, 6) is -0.237. The maximum absolute atomic E-state index is 11.9. The van der Waals surface area contributed by atoms with Crippen LogP contribution in [0.25, 0.3) is 11.0 Å². The lowest BCUT2D eigenvalue weighted by atomic mass is 10.0. The Morgan fingerprint density at radius 2 is 1.92 bits per heavy atom. The molecule has 0 fully saturated rings. The number of aryl methyl sites for hydroxylation is 2. The Bertz CT molecular complexity index is 1060. The highest BCUT2D eigenvalue weighted by atomic mass is 35.5. The van der Waals surface area contributed by atoms with E-state index >= 15 is 0 Å². The van der Waals surface area contributed by atoms with Crippen molar-refractivity contribution >= 4 is 34.2 Å². The SMILES string of the molecule is CNC(=O)c1ccc(NCc2cc(=O)oc3c(C)c(C)ccc23)cc1Cl. The van der Waals surface area contributed by atoms with Crippen LogP contribution in [0.5, 0.6) is 0 Å². The van der Waals surface area contributed by atoms with Crippen LogP contribution in [0.3, 0.4) is 0 Å². The van der Waals surface area contributed by atoms with Gasteiger partial charge in [0, 0.05) is 30.7 Å². The van der Waals surface area contributed by atoms with Crippen LogP contribution in [-0.2, 0) is 6.54 Å². The summed E-state index contributed by atoms with van der Waals surface area (Å²) in [4.78, 5) is 23.6. The first kappa shape index (κ1) is 18.0. The number of benzene rings is 2. The van der Waals surface area contributed by atoms with Crippen molar-refractivity contribution in [3.8, 4) is 0 Å². The van der Waals surface area contributed by atoms with E-state index in [-0.39, 0.29) is 11.5 Å². The minimum atomic E-state index is -0.379. The normalized spacial score (nSPS) is 10.8. The van der Waals surface area contributed by atoms with Crippen molar-refractivity contribution in [3.63, 3.8) is 0 Å². The quantitative estimate of drug-likeness (QED) is 0.680. The molecule has 0 bridgehead atoms. The van der Waals surface area contributed by atoms with Gasteiger partial charge in [-0.15, -0.1) is 0 Å². The Balaban J connectivity index is 1.91. The molecule has 134 valence electrons. The molecule has 0 saturated heterocycles. The average Bonchev–Trinajstić information content (AvgIpc) is 2.62. The van der Waals surface area contributed by atoms with Crippen molar-refractivity contribution in [1.82, 2.24) is 5.32 Å². The molecule has 2 aromatic carbocycles. The Labute approximate surface area is 156 Å². The molecule has 0 atom stereocenters. The van der Waals surface area contributed by atoms with Crippen LogP contribution in [0.2, 0.25) is 5.02 Å². The van der Waals surface area contributed by atoms with Crippen molar-refractivity contribution in [3.05, 3.63) is 74.1 Å². The highest BCUT2D eigenvalue weighted by molar-refractivity contribution is 6.34. The molecule has 26 heavy (non-hydrogen) atoms. The zero-order chi connectivity index (χ0) is 18.8. The van der Waals surface area contributed by atoms with E-state index in [1.165, 1.54) is 6.07 Å². The van der Waals surface area contributed by atoms with E-state index < -0.39 is 0 Å². The van der Waals surface area contributed by atoms with Gasteiger partial charge in [-0.3, -0.25) is 4.79 Å². The summed E-state index contributed by atoms with van der Waals surface area (Å²) >= 11 is 6.18. The molecular formula is C20H19ClN2O3. The van der Waals surface area contributed by atoms with Gasteiger partial charge in [0.2, 0.25) is 0 Å². The van der Waals surface area contributed by atoms with Gasteiger partial charge in [-0.05, 0) is 48.7 Å². The van der Waals surface area contributed by atoms with E-state index in [4.69, 9.17) is 16.0 Å². The van der Waals surface area contributed by atoms with E-state index in [1.54, 1.807) is 25.2 Å². The summed E-state index contributed by atoms with van der Waals surface area (Å²) in [7, 11) is 1.56. The fourth-order valence-corrected chi connectivity index (χ4v) is 3.08. The number of carbonyl (C=O) groups is 1. The molecule has 0 unspecified atom stereocenters. The molecule has 0 radical (unpaired) electrons. The largest absolute Gasteiger partial charge is 0.422 e. The molecule has 1 heterocycles. The first-order valence-electron chi connectivity index (χ1n) is 8.19. The highest BCUT2D eigenvalue weighted by Crippen LogP contribution is 2.25. The van der Waals surface area contributed by atoms with Crippen LogP contribution < -0.4 is 16.3 Å². The maximum Gasteiger partial charge on any atom is 0.336 e. The lowest BCUT2D eigenvalue weighted by molar-refractivity contribution is 0.0963. The number of fused-ring (bicyclic) bond motifs is 1. The summed E-state index contributed by atoms with van der Waals surface area (Å²) in [6.07, 6.45) is 0. The number of halogens is 1. The van der Waals surface area contributed by atoms with Crippen LogP contribution in [0, 0.1) is 13.8 Å². The first-order chi connectivity index (χ1) is 12.4. The molecule has 0 spiro atoms. The van der Waals surface area contributed by atoms with E-state index in [9.17, 15) is 9.59 Å². The second-order valence-electron chi connectivity index (χ2n) is 6.10. The summed E-state index contributed by atoms with van der Waals surface area (Å²) in [6.45, 7) is 4.35. The number of carbonyl (C=O) groups excluding carboxylic acids is 1. The summed E-state index contributed by atoms with van der Waals surface area (Å²) in [5.41, 5.74) is 4.27. The predicted octanol–water partition coefficient (Wildman–Crippen LogP) is 4.03. The number of nitrogens with one attached hydrogen (secondary N) is 2. The zero-order valence-corrected chi connectivity index (χ0v) is 15.5. The van der Waals surface area contributed by atoms with Gasteiger partial charge in [-0.1, -0.05) is 23.7 Å². The fraction of sp³-hybridized carbons (Fsp3) is 0.200. The molecule has 0 aliphatic rings. The fourth-order valence-electron chi connectivity index (χ4n) is 2.81. The van der Waals surface area contributed by atoms with E-state index in [0.29, 0.717) is 22.7 Å². The van der Waals surface area contributed by atoms with Gasteiger partial charge in [-0.2, -0.15) is 0 Å². The van der Waals surface area contributed by atoms with Crippen LogP contribution in [-0.4, -0.2) is 13.0 Å². The van der Waals surface area contributed by atoms with Crippen molar-refractivity contribution < 1.29 is 9.21 Å². The average molecular weight is 371 g/mol. The predicted molar refractivity (Wildman–Crippen MR) is 104 cm³/mol. The van der Waals surface area contributed by atoms with Gasteiger partial charge >= 0.3 is 5.63 Å². The van der Waals surface area contributed by atoms with Crippen LogP contribution in [0.1, 0.15) is 27.0 Å². The second-order valence-corrected chi connectivity index (χ2v) is 6.51. The third-order valence-corrected chi connectivity index (χ3v) is 4.75. The van der Waals surface area contributed by atoms with Gasteiger partial charge in [0.25, 0.3) is 5.91 Å². The monoisotopic (exact) mass is 370 g/mol. The molecule has 2 N–H and O–H groups in total. The number of anilines is 1. The third-order valence-electron chi connectivity index (χ3n) is 4.44. The molecular weight excluding hydrogens is 352 g/mol. The number of hydrogen-bond acceptors (Lipinski definition) is 4. The molecule has 0 saturated carbocycles. The Kier molecular flexibility index (Phi) is 5.00. The van der Waals surface area contributed by atoms with Crippen molar-refractivity contribution in [1.29, 1.82) is 0 Å². The Hall–Kier alpha value is -2.79. The molecule has 3 aromatic rings. The molecule has 1 aromatic heterocycles. The van der Waals surface area contributed by atoms with Crippen molar-refractivity contribution in [2.75, 3.05) is 12.4 Å². The van der Waals surface area contributed by atoms with Crippen molar-refractivity contribution in [2.45, 2.75) is 20.4 Å². The van der Waals surface area contributed by atoms with Crippen LogP contribution in [0.4, 0.5) is 5.69 Å². The van der Waals surface area contributed by atoms with E-state index in [1.807, 2.05) is 26.0 Å². The second kappa shape index (κ2) is 7.22. The van der Waals surface area contributed by atoms with Crippen LogP contribution >= 0.6 is 11.6 Å². The molecule has 6 heteroatoms. The van der Waals surface area contributed by atoms with Gasteiger partial charge in [0.1, 0.15) is 5.58 Å². The topological polar surface area (TPSA) is 71.3 Å². The minimum Gasteiger partial charge on any atom is -0.422 e. The molecule has 0 aliphatic heterocycles. The maximum atomic E-state index is 11.9. The third kappa shape index (κ3) is 3.44. The number of amides is 1. The van der Waals surface area contributed by atoms with Gasteiger partial charge in [0.05, 0.1) is 10.6 Å². The number of hydrogen-bond donors (Lipinski definition) is 2.